The summed E-state index contributed by atoms with van der Waals surface area (Å²) in [5, 5.41) is 7.79. The van der Waals surface area contributed by atoms with Crippen LogP contribution in [0.1, 0.15) is 32.6 Å². The van der Waals surface area contributed by atoms with Gasteiger partial charge in [-0.05, 0) is 31.6 Å². The first kappa shape index (κ1) is 11.2. The lowest BCUT2D eigenvalue weighted by Crippen LogP contribution is -2.14. The van der Waals surface area contributed by atoms with Crippen molar-refractivity contribution in [2.24, 2.45) is 5.92 Å². The molecule has 0 bridgehead atoms. The van der Waals surface area contributed by atoms with Gasteiger partial charge in [0.25, 0.3) is 0 Å². The van der Waals surface area contributed by atoms with Gasteiger partial charge in [0.15, 0.2) is 0 Å². The zero-order valence-electron chi connectivity index (χ0n) is 10.0. The number of nitrogens with one attached hydrogen (secondary N) is 1. The molecular weight excluding hydrogens is 198 g/mol. The Morgan fingerprint density at radius 2 is 2.44 bits per heavy atom. The predicted molar refractivity (Wildman–Crippen MR) is 67.5 cm³/mol. The summed E-state index contributed by atoms with van der Waals surface area (Å²) in [6.45, 7) is 4.25. The van der Waals surface area contributed by atoms with Crippen LogP contribution in [0.2, 0.25) is 0 Å². The molecule has 3 nitrogen and oxygen atoms in total. The Bertz CT molecular complexity index is 341. The van der Waals surface area contributed by atoms with E-state index in [1.807, 2.05) is 10.9 Å². The smallest absolute Gasteiger partial charge is 0.0726 e. The number of hydrogen-bond acceptors (Lipinski definition) is 2. The lowest BCUT2D eigenvalue weighted by atomic mass is 9.94. The fraction of sp³-hybridized carbons (Fsp3) is 0.615. The highest BCUT2D eigenvalue weighted by Crippen LogP contribution is 2.18. The first-order valence-corrected chi connectivity index (χ1v) is 6.30. The molecule has 1 aromatic heterocycles. The number of hydrogen-bond donors (Lipinski definition) is 1. The third kappa shape index (κ3) is 3.12. The number of aryl methyl sites for hydroxylation is 1. The summed E-state index contributed by atoms with van der Waals surface area (Å²) in [5.41, 5.74) is 1.16. The highest BCUT2D eigenvalue weighted by atomic mass is 15.3. The van der Waals surface area contributed by atoms with Crippen molar-refractivity contribution in [1.29, 1.82) is 0 Å². The summed E-state index contributed by atoms with van der Waals surface area (Å²) in [7, 11) is 0. The van der Waals surface area contributed by atoms with Crippen molar-refractivity contribution in [2.45, 2.75) is 39.2 Å². The first-order chi connectivity index (χ1) is 7.88. The van der Waals surface area contributed by atoms with Gasteiger partial charge in [-0.15, -0.1) is 0 Å². The Kier molecular flexibility index (Phi) is 4.03. The minimum Gasteiger partial charge on any atom is -0.382 e. The normalized spacial score (nSPS) is 19.9. The molecule has 0 amide bonds. The Labute approximate surface area is 97.5 Å². The van der Waals surface area contributed by atoms with Crippen LogP contribution >= 0.6 is 0 Å². The number of aromatic nitrogens is 2. The monoisotopic (exact) mass is 219 g/mol. The second-order valence-corrected chi connectivity index (χ2v) is 4.52. The SMILES string of the molecule is CCCn1cc(NCC2CC=CCC2)cn1. The second-order valence-electron chi connectivity index (χ2n) is 4.52. The molecule has 88 valence electrons. The number of allylic oxidation sites excluding steroid dienone is 2. The highest BCUT2D eigenvalue weighted by molar-refractivity contribution is 5.38. The van der Waals surface area contributed by atoms with E-state index in [0.717, 1.165) is 31.1 Å². The van der Waals surface area contributed by atoms with Crippen LogP contribution in [0.25, 0.3) is 0 Å². The van der Waals surface area contributed by atoms with Crippen molar-refractivity contribution in [3.63, 3.8) is 0 Å². The topological polar surface area (TPSA) is 29.9 Å². The Morgan fingerprint density at radius 1 is 1.50 bits per heavy atom. The first-order valence-electron chi connectivity index (χ1n) is 6.30. The van der Waals surface area contributed by atoms with Gasteiger partial charge in [-0.1, -0.05) is 19.1 Å². The minimum absolute atomic E-state index is 0.791. The third-order valence-electron chi connectivity index (χ3n) is 3.06. The van der Waals surface area contributed by atoms with Crippen LogP contribution in [-0.4, -0.2) is 16.3 Å². The molecule has 0 spiro atoms. The predicted octanol–water partition coefficient (Wildman–Crippen LogP) is 3.06. The van der Waals surface area contributed by atoms with E-state index in [-0.39, 0.29) is 0 Å². The lowest BCUT2D eigenvalue weighted by Gasteiger charge is -2.17. The molecule has 1 aliphatic carbocycles. The van der Waals surface area contributed by atoms with E-state index in [1.54, 1.807) is 0 Å². The van der Waals surface area contributed by atoms with Gasteiger partial charge in [0.2, 0.25) is 0 Å². The fourth-order valence-corrected chi connectivity index (χ4v) is 2.11. The molecule has 1 atom stereocenters. The molecule has 0 saturated carbocycles. The average molecular weight is 219 g/mol. The number of anilines is 1. The second kappa shape index (κ2) is 5.73. The molecule has 3 heteroatoms. The summed E-state index contributed by atoms with van der Waals surface area (Å²) in [6, 6.07) is 0. The van der Waals surface area contributed by atoms with Gasteiger partial charge in [-0.25, -0.2) is 0 Å². The zero-order chi connectivity index (χ0) is 11.2. The Morgan fingerprint density at radius 3 is 3.19 bits per heavy atom. The summed E-state index contributed by atoms with van der Waals surface area (Å²) in [6.07, 6.45) is 13.5. The van der Waals surface area contributed by atoms with Crippen molar-refractivity contribution < 1.29 is 0 Å². The van der Waals surface area contributed by atoms with Gasteiger partial charge in [-0.2, -0.15) is 5.10 Å². The van der Waals surface area contributed by atoms with E-state index in [0.29, 0.717) is 0 Å². The fourth-order valence-electron chi connectivity index (χ4n) is 2.11. The maximum atomic E-state index is 4.31. The van der Waals surface area contributed by atoms with E-state index in [4.69, 9.17) is 0 Å². The van der Waals surface area contributed by atoms with Crippen LogP contribution in [0.4, 0.5) is 5.69 Å². The zero-order valence-corrected chi connectivity index (χ0v) is 10.0. The maximum absolute atomic E-state index is 4.31. The van der Waals surface area contributed by atoms with E-state index >= 15 is 0 Å². The van der Waals surface area contributed by atoms with E-state index in [2.05, 4.69) is 35.7 Å². The van der Waals surface area contributed by atoms with Gasteiger partial charge in [0.1, 0.15) is 0 Å². The quantitative estimate of drug-likeness (QED) is 0.771. The summed E-state index contributed by atoms with van der Waals surface area (Å²) in [4.78, 5) is 0. The molecule has 1 aliphatic rings. The maximum Gasteiger partial charge on any atom is 0.0726 e. The lowest BCUT2D eigenvalue weighted by molar-refractivity contribution is 0.504. The van der Waals surface area contributed by atoms with Crippen molar-refractivity contribution >= 4 is 5.69 Å². The molecule has 16 heavy (non-hydrogen) atoms. The van der Waals surface area contributed by atoms with Crippen molar-refractivity contribution in [1.82, 2.24) is 9.78 Å². The van der Waals surface area contributed by atoms with Crippen LogP contribution in [-0.2, 0) is 6.54 Å². The van der Waals surface area contributed by atoms with E-state index in [1.165, 1.54) is 19.3 Å². The van der Waals surface area contributed by atoms with Crippen LogP contribution in [0.3, 0.4) is 0 Å². The Balaban J connectivity index is 1.77. The summed E-state index contributed by atoms with van der Waals surface area (Å²) >= 11 is 0. The molecule has 2 rings (SSSR count). The molecule has 0 saturated heterocycles. The molecule has 0 aliphatic heterocycles. The molecule has 1 N–H and O–H groups in total. The van der Waals surface area contributed by atoms with Crippen molar-refractivity contribution in [2.75, 3.05) is 11.9 Å². The molecular formula is C13H21N3. The number of nitrogens with zero attached hydrogens (tertiary/aromatic N) is 2. The summed E-state index contributed by atoms with van der Waals surface area (Å²) < 4.78 is 2.00. The molecule has 1 heterocycles. The van der Waals surface area contributed by atoms with Gasteiger partial charge < -0.3 is 5.32 Å². The van der Waals surface area contributed by atoms with Gasteiger partial charge in [0.05, 0.1) is 11.9 Å². The molecule has 0 radical (unpaired) electrons. The molecule has 1 unspecified atom stereocenters. The van der Waals surface area contributed by atoms with Gasteiger partial charge in [0, 0.05) is 19.3 Å². The van der Waals surface area contributed by atoms with Crippen molar-refractivity contribution in [3.8, 4) is 0 Å². The van der Waals surface area contributed by atoms with Crippen LogP contribution in [0.5, 0.6) is 0 Å². The minimum atomic E-state index is 0.791. The molecule has 0 fully saturated rings. The molecule has 1 aromatic rings. The van der Waals surface area contributed by atoms with Gasteiger partial charge in [-0.3, -0.25) is 4.68 Å². The van der Waals surface area contributed by atoms with Crippen LogP contribution in [0.15, 0.2) is 24.5 Å². The largest absolute Gasteiger partial charge is 0.382 e. The molecule has 0 aromatic carbocycles. The average Bonchev–Trinajstić information content (AvgIpc) is 2.76. The Hall–Kier alpha value is -1.25. The highest BCUT2D eigenvalue weighted by Gasteiger charge is 2.09. The van der Waals surface area contributed by atoms with Crippen LogP contribution in [0, 0.1) is 5.92 Å². The standard InChI is InChI=1S/C13H21N3/c1-2-8-16-11-13(10-15-16)14-9-12-6-4-3-5-7-12/h3-4,10-12,14H,2,5-9H2,1H3. The van der Waals surface area contributed by atoms with Crippen molar-refractivity contribution in [3.05, 3.63) is 24.5 Å². The van der Waals surface area contributed by atoms with Crippen LogP contribution < -0.4 is 5.32 Å². The summed E-state index contributed by atoms with van der Waals surface area (Å²) in [5.74, 6) is 0.791. The third-order valence-corrected chi connectivity index (χ3v) is 3.06. The van der Waals surface area contributed by atoms with E-state index in [9.17, 15) is 0 Å². The number of rotatable bonds is 5. The van der Waals surface area contributed by atoms with Gasteiger partial charge >= 0.3 is 0 Å². The van der Waals surface area contributed by atoms with E-state index < -0.39 is 0 Å².